The molecule has 0 spiro atoms. The van der Waals surface area contributed by atoms with Crippen LogP contribution in [0.2, 0.25) is 0 Å². The monoisotopic (exact) mass is 262 g/mol. The maximum absolute atomic E-state index is 9.42. The molecular formula is C13H26O5. The third-order valence-electron chi connectivity index (χ3n) is 2.88. The molecular weight excluding hydrogens is 236 g/mol. The van der Waals surface area contributed by atoms with Crippen molar-refractivity contribution in [2.45, 2.75) is 64.3 Å². The van der Waals surface area contributed by atoms with Crippen LogP contribution < -0.4 is 0 Å². The van der Waals surface area contributed by atoms with E-state index in [4.69, 9.17) is 18.9 Å². The van der Waals surface area contributed by atoms with Crippen LogP contribution in [0.15, 0.2) is 0 Å². The molecule has 1 saturated heterocycles. The van der Waals surface area contributed by atoms with Crippen LogP contribution >= 0.6 is 0 Å². The standard InChI is InChI=1S/C13H26O5/c1-12(2,14)17-7-6-10-8-11(9-16-10)18-13(3,4)15-5/h10-11,14H,6-9H2,1-5H3. The maximum atomic E-state index is 9.42. The van der Waals surface area contributed by atoms with Gasteiger partial charge in [0.05, 0.1) is 25.4 Å². The quantitative estimate of drug-likeness (QED) is 0.707. The number of methoxy groups -OCH3 is 1. The van der Waals surface area contributed by atoms with E-state index in [2.05, 4.69) is 0 Å². The summed E-state index contributed by atoms with van der Waals surface area (Å²) in [5.74, 6) is -1.65. The number of ether oxygens (including phenoxy) is 4. The van der Waals surface area contributed by atoms with Crippen molar-refractivity contribution in [1.82, 2.24) is 0 Å². The third kappa shape index (κ3) is 6.11. The summed E-state index contributed by atoms with van der Waals surface area (Å²) in [4.78, 5) is 0. The van der Waals surface area contributed by atoms with Crippen LogP contribution in [-0.4, -0.2) is 49.2 Å². The van der Waals surface area contributed by atoms with Crippen LogP contribution in [0, 0.1) is 0 Å². The lowest BCUT2D eigenvalue weighted by Crippen LogP contribution is -2.32. The number of rotatable bonds is 7. The van der Waals surface area contributed by atoms with Gasteiger partial charge in [0.2, 0.25) is 0 Å². The third-order valence-corrected chi connectivity index (χ3v) is 2.88. The zero-order valence-electron chi connectivity index (χ0n) is 12.1. The molecule has 0 aliphatic carbocycles. The highest BCUT2D eigenvalue weighted by Crippen LogP contribution is 2.24. The van der Waals surface area contributed by atoms with Gasteiger partial charge in [-0.15, -0.1) is 0 Å². The van der Waals surface area contributed by atoms with Gasteiger partial charge in [-0.3, -0.25) is 0 Å². The largest absolute Gasteiger partial charge is 0.375 e. The van der Waals surface area contributed by atoms with Gasteiger partial charge in [0.1, 0.15) is 0 Å². The first-order valence-corrected chi connectivity index (χ1v) is 6.43. The van der Waals surface area contributed by atoms with Crippen molar-refractivity contribution in [3.63, 3.8) is 0 Å². The van der Waals surface area contributed by atoms with Gasteiger partial charge in [-0.25, -0.2) is 0 Å². The summed E-state index contributed by atoms with van der Waals surface area (Å²) in [6.07, 6.45) is 1.79. The Bertz CT molecular complexity index is 246. The molecule has 0 aromatic rings. The molecule has 2 atom stereocenters. The minimum atomic E-state index is -1.08. The van der Waals surface area contributed by atoms with E-state index >= 15 is 0 Å². The lowest BCUT2D eigenvalue weighted by atomic mass is 10.1. The van der Waals surface area contributed by atoms with E-state index in [1.54, 1.807) is 21.0 Å². The van der Waals surface area contributed by atoms with Crippen LogP contribution in [0.4, 0.5) is 0 Å². The zero-order valence-corrected chi connectivity index (χ0v) is 12.1. The van der Waals surface area contributed by atoms with E-state index < -0.39 is 11.6 Å². The zero-order chi connectivity index (χ0) is 13.8. The van der Waals surface area contributed by atoms with Crippen molar-refractivity contribution in [2.75, 3.05) is 20.3 Å². The fraction of sp³-hybridized carbons (Fsp3) is 1.00. The molecule has 0 aromatic carbocycles. The SMILES string of the molecule is COC(C)(C)OC1COC(CCOC(C)(C)O)C1. The highest BCUT2D eigenvalue weighted by Gasteiger charge is 2.31. The molecule has 5 nitrogen and oxygen atoms in total. The summed E-state index contributed by atoms with van der Waals surface area (Å²) in [5, 5.41) is 9.42. The Hall–Kier alpha value is -0.200. The minimum absolute atomic E-state index is 0.0621. The fourth-order valence-corrected chi connectivity index (χ4v) is 1.85. The summed E-state index contributed by atoms with van der Waals surface area (Å²) in [7, 11) is 1.63. The van der Waals surface area contributed by atoms with Gasteiger partial charge >= 0.3 is 0 Å². The second kappa shape index (κ2) is 6.30. The van der Waals surface area contributed by atoms with Gasteiger partial charge in [-0.2, -0.15) is 0 Å². The smallest absolute Gasteiger partial charge is 0.162 e. The van der Waals surface area contributed by atoms with E-state index in [9.17, 15) is 5.11 Å². The normalized spacial score (nSPS) is 25.7. The van der Waals surface area contributed by atoms with Gasteiger partial charge in [0.15, 0.2) is 11.6 Å². The highest BCUT2D eigenvalue weighted by molar-refractivity contribution is 4.75. The summed E-state index contributed by atoms with van der Waals surface area (Å²) >= 11 is 0. The Morgan fingerprint density at radius 2 is 1.94 bits per heavy atom. The van der Waals surface area contributed by atoms with Crippen molar-refractivity contribution >= 4 is 0 Å². The number of hydrogen-bond acceptors (Lipinski definition) is 5. The summed E-state index contributed by atoms with van der Waals surface area (Å²) in [6.45, 7) is 8.08. The topological polar surface area (TPSA) is 57.2 Å². The van der Waals surface area contributed by atoms with Gasteiger partial charge in [-0.05, 0) is 34.1 Å². The second-order valence-electron chi connectivity index (χ2n) is 5.62. The molecule has 108 valence electrons. The molecule has 1 aliphatic heterocycles. The summed E-state index contributed by atoms with van der Waals surface area (Å²) in [6, 6.07) is 0. The average molecular weight is 262 g/mol. The van der Waals surface area contributed by atoms with Crippen LogP contribution in [-0.2, 0) is 18.9 Å². The van der Waals surface area contributed by atoms with Crippen LogP contribution in [0.1, 0.15) is 40.5 Å². The Morgan fingerprint density at radius 1 is 1.28 bits per heavy atom. The first-order valence-electron chi connectivity index (χ1n) is 6.43. The van der Waals surface area contributed by atoms with E-state index in [0.29, 0.717) is 13.2 Å². The predicted molar refractivity (Wildman–Crippen MR) is 67.2 cm³/mol. The van der Waals surface area contributed by atoms with Crippen molar-refractivity contribution in [3.05, 3.63) is 0 Å². The predicted octanol–water partition coefficient (Wildman–Crippen LogP) is 1.68. The van der Waals surface area contributed by atoms with Crippen LogP contribution in [0.5, 0.6) is 0 Å². The Balaban J connectivity index is 2.21. The Kier molecular flexibility index (Phi) is 5.55. The number of aliphatic hydroxyl groups is 1. The molecule has 0 bridgehead atoms. The minimum Gasteiger partial charge on any atom is -0.375 e. The summed E-state index contributed by atoms with van der Waals surface area (Å²) in [5.41, 5.74) is 0. The molecule has 0 radical (unpaired) electrons. The molecule has 0 aromatic heterocycles. The number of hydrogen-bond donors (Lipinski definition) is 1. The van der Waals surface area contributed by atoms with Crippen molar-refractivity contribution in [2.24, 2.45) is 0 Å². The van der Waals surface area contributed by atoms with Gasteiger partial charge in [0.25, 0.3) is 0 Å². The molecule has 18 heavy (non-hydrogen) atoms. The molecule has 2 unspecified atom stereocenters. The van der Waals surface area contributed by atoms with Gasteiger partial charge in [-0.1, -0.05) is 0 Å². The van der Waals surface area contributed by atoms with E-state index in [1.807, 2.05) is 13.8 Å². The lowest BCUT2D eigenvalue weighted by Gasteiger charge is -2.26. The van der Waals surface area contributed by atoms with Crippen molar-refractivity contribution in [1.29, 1.82) is 0 Å². The van der Waals surface area contributed by atoms with Gasteiger partial charge < -0.3 is 24.1 Å². The first kappa shape index (κ1) is 15.9. The molecule has 1 aliphatic rings. The van der Waals surface area contributed by atoms with E-state index in [0.717, 1.165) is 12.8 Å². The molecule has 1 rings (SSSR count). The van der Waals surface area contributed by atoms with E-state index in [-0.39, 0.29) is 12.2 Å². The first-order chi connectivity index (χ1) is 8.22. The van der Waals surface area contributed by atoms with Gasteiger partial charge in [0, 0.05) is 13.5 Å². The van der Waals surface area contributed by atoms with E-state index in [1.165, 1.54) is 0 Å². The highest BCUT2D eigenvalue weighted by atomic mass is 16.7. The van der Waals surface area contributed by atoms with Crippen LogP contribution in [0.3, 0.4) is 0 Å². The maximum Gasteiger partial charge on any atom is 0.162 e. The molecule has 1 N–H and O–H groups in total. The second-order valence-corrected chi connectivity index (χ2v) is 5.62. The van der Waals surface area contributed by atoms with Crippen molar-refractivity contribution in [3.8, 4) is 0 Å². The molecule has 1 heterocycles. The molecule has 0 saturated carbocycles. The van der Waals surface area contributed by atoms with Crippen molar-refractivity contribution < 1.29 is 24.1 Å². The lowest BCUT2D eigenvalue weighted by molar-refractivity contribution is -0.222. The Labute approximate surface area is 109 Å². The molecule has 0 amide bonds. The van der Waals surface area contributed by atoms with Crippen LogP contribution in [0.25, 0.3) is 0 Å². The average Bonchev–Trinajstić information content (AvgIpc) is 2.63. The Morgan fingerprint density at radius 3 is 2.50 bits per heavy atom. The fourth-order valence-electron chi connectivity index (χ4n) is 1.85. The molecule has 1 fully saturated rings. The molecule has 5 heteroatoms. The summed E-state index contributed by atoms with van der Waals surface area (Å²) < 4.78 is 21.9.